The molecule has 134 valence electrons. The Morgan fingerprint density at radius 3 is 2.73 bits per heavy atom. The Bertz CT molecular complexity index is 848. The predicted octanol–water partition coefficient (Wildman–Crippen LogP) is 2.73. The van der Waals surface area contributed by atoms with Gasteiger partial charge in [-0.05, 0) is 35.9 Å². The van der Waals surface area contributed by atoms with Crippen LogP contribution >= 0.6 is 0 Å². The third-order valence-electron chi connectivity index (χ3n) is 4.24. The summed E-state index contributed by atoms with van der Waals surface area (Å²) in [5.41, 5.74) is 0.877. The zero-order valence-corrected chi connectivity index (χ0v) is 14.4. The molecule has 0 bridgehead atoms. The molecule has 1 atom stereocenters. The first-order valence-corrected chi connectivity index (χ1v) is 8.40. The van der Waals surface area contributed by atoms with E-state index in [1.807, 2.05) is 42.5 Å². The number of hydrogen-bond donors (Lipinski definition) is 0. The standard InChI is InChI=1S/C20H19NO5/c1-21(11-15-12-23-16-4-2-3-5-18(16)26-15)20(22)9-7-14-6-8-17-19(10-14)25-13-24-17/h2-10,15H,11-13H2,1H3/b9-7+. The minimum absolute atomic E-state index is 0.106. The van der Waals surface area contributed by atoms with Crippen LogP contribution in [0, 0.1) is 0 Å². The van der Waals surface area contributed by atoms with Crippen molar-refractivity contribution in [2.45, 2.75) is 6.10 Å². The van der Waals surface area contributed by atoms with E-state index in [-0.39, 0.29) is 18.8 Å². The quantitative estimate of drug-likeness (QED) is 0.791. The summed E-state index contributed by atoms with van der Waals surface area (Å²) < 4.78 is 22.2. The highest BCUT2D eigenvalue weighted by molar-refractivity contribution is 5.91. The van der Waals surface area contributed by atoms with Gasteiger partial charge in [-0.3, -0.25) is 4.79 Å². The number of nitrogens with zero attached hydrogens (tertiary/aromatic N) is 1. The van der Waals surface area contributed by atoms with E-state index in [2.05, 4.69) is 0 Å². The lowest BCUT2D eigenvalue weighted by Crippen LogP contribution is -2.41. The lowest BCUT2D eigenvalue weighted by molar-refractivity contribution is -0.126. The van der Waals surface area contributed by atoms with Gasteiger partial charge in [0.1, 0.15) is 6.61 Å². The lowest BCUT2D eigenvalue weighted by atomic mass is 10.2. The Kier molecular flexibility index (Phi) is 4.39. The summed E-state index contributed by atoms with van der Waals surface area (Å²) in [6, 6.07) is 13.1. The average molecular weight is 353 g/mol. The summed E-state index contributed by atoms with van der Waals surface area (Å²) in [5, 5.41) is 0. The summed E-state index contributed by atoms with van der Waals surface area (Å²) in [6.45, 7) is 1.09. The Morgan fingerprint density at radius 1 is 1.08 bits per heavy atom. The van der Waals surface area contributed by atoms with E-state index in [1.54, 1.807) is 18.0 Å². The van der Waals surface area contributed by atoms with Gasteiger partial charge < -0.3 is 23.8 Å². The summed E-state index contributed by atoms with van der Waals surface area (Å²) in [4.78, 5) is 14.0. The van der Waals surface area contributed by atoms with Crippen molar-refractivity contribution in [2.24, 2.45) is 0 Å². The number of benzene rings is 2. The van der Waals surface area contributed by atoms with Gasteiger partial charge in [-0.1, -0.05) is 18.2 Å². The number of likely N-dealkylation sites (N-methyl/N-ethyl adjacent to an activating group) is 1. The Labute approximate surface area is 151 Å². The van der Waals surface area contributed by atoms with Gasteiger partial charge >= 0.3 is 0 Å². The van der Waals surface area contributed by atoms with E-state index in [1.165, 1.54) is 6.08 Å². The second-order valence-corrected chi connectivity index (χ2v) is 6.16. The van der Waals surface area contributed by atoms with Crippen molar-refractivity contribution in [3.05, 3.63) is 54.1 Å². The van der Waals surface area contributed by atoms with Crippen LogP contribution in [-0.4, -0.2) is 43.9 Å². The van der Waals surface area contributed by atoms with Crippen molar-refractivity contribution in [3.63, 3.8) is 0 Å². The maximum Gasteiger partial charge on any atom is 0.246 e. The number of carbonyl (C=O) groups excluding carboxylic acids is 1. The third-order valence-corrected chi connectivity index (χ3v) is 4.24. The van der Waals surface area contributed by atoms with E-state index >= 15 is 0 Å². The number of ether oxygens (including phenoxy) is 4. The van der Waals surface area contributed by atoms with Gasteiger partial charge in [0.05, 0.1) is 6.54 Å². The fourth-order valence-corrected chi connectivity index (χ4v) is 2.86. The first kappa shape index (κ1) is 16.3. The topological polar surface area (TPSA) is 57.2 Å². The van der Waals surface area contributed by atoms with Crippen LogP contribution < -0.4 is 18.9 Å². The minimum atomic E-state index is -0.196. The molecule has 4 rings (SSSR count). The Balaban J connectivity index is 1.35. The highest BCUT2D eigenvalue weighted by Gasteiger charge is 2.23. The third kappa shape index (κ3) is 3.44. The largest absolute Gasteiger partial charge is 0.486 e. The molecule has 0 aliphatic carbocycles. The predicted molar refractivity (Wildman–Crippen MR) is 95.6 cm³/mol. The van der Waals surface area contributed by atoms with Crippen LogP contribution in [-0.2, 0) is 4.79 Å². The number of hydrogen-bond acceptors (Lipinski definition) is 5. The highest BCUT2D eigenvalue weighted by Crippen LogP contribution is 2.33. The van der Waals surface area contributed by atoms with Crippen molar-refractivity contribution < 1.29 is 23.7 Å². The fraction of sp³-hybridized carbons (Fsp3) is 0.250. The maximum absolute atomic E-state index is 12.4. The molecule has 6 nitrogen and oxygen atoms in total. The highest BCUT2D eigenvalue weighted by atomic mass is 16.7. The van der Waals surface area contributed by atoms with Crippen LogP contribution in [0.1, 0.15) is 5.56 Å². The molecule has 0 spiro atoms. The number of para-hydroxylation sites is 2. The Morgan fingerprint density at radius 2 is 1.85 bits per heavy atom. The summed E-state index contributed by atoms with van der Waals surface area (Å²) in [6.07, 6.45) is 3.10. The number of fused-ring (bicyclic) bond motifs is 2. The zero-order valence-electron chi connectivity index (χ0n) is 14.4. The number of carbonyl (C=O) groups is 1. The Hall–Kier alpha value is -3.15. The van der Waals surface area contributed by atoms with Crippen molar-refractivity contribution in [1.82, 2.24) is 4.90 Å². The van der Waals surface area contributed by atoms with E-state index in [9.17, 15) is 4.79 Å². The molecule has 2 aromatic rings. The first-order chi connectivity index (χ1) is 12.7. The summed E-state index contributed by atoms with van der Waals surface area (Å²) in [7, 11) is 1.75. The van der Waals surface area contributed by atoms with Gasteiger partial charge in [0.15, 0.2) is 29.1 Å². The molecule has 0 saturated carbocycles. The monoisotopic (exact) mass is 353 g/mol. The first-order valence-electron chi connectivity index (χ1n) is 8.40. The normalized spacial score (nSPS) is 17.3. The maximum atomic E-state index is 12.4. The summed E-state index contributed by atoms with van der Waals surface area (Å²) in [5.74, 6) is 2.76. The molecule has 2 aromatic carbocycles. The van der Waals surface area contributed by atoms with Crippen LogP contribution in [0.15, 0.2) is 48.5 Å². The van der Waals surface area contributed by atoms with E-state index in [0.717, 1.165) is 17.1 Å². The fourth-order valence-electron chi connectivity index (χ4n) is 2.86. The van der Waals surface area contributed by atoms with Gasteiger partial charge in [0.25, 0.3) is 0 Å². The molecule has 2 aliphatic rings. The number of rotatable bonds is 4. The summed E-state index contributed by atoms with van der Waals surface area (Å²) >= 11 is 0. The molecule has 0 aromatic heterocycles. The molecule has 0 radical (unpaired) electrons. The molecule has 6 heteroatoms. The van der Waals surface area contributed by atoms with Crippen molar-refractivity contribution in [1.29, 1.82) is 0 Å². The molecule has 1 unspecified atom stereocenters. The molecule has 2 aliphatic heterocycles. The van der Waals surface area contributed by atoms with Crippen molar-refractivity contribution in [3.8, 4) is 23.0 Å². The van der Waals surface area contributed by atoms with E-state index in [4.69, 9.17) is 18.9 Å². The molecular weight excluding hydrogens is 334 g/mol. The molecule has 2 heterocycles. The SMILES string of the molecule is CN(CC1COc2ccccc2O1)C(=O)/C=C/c1ccc2c(c1)OCO2. The average Bonchev–Trinajstić information content (AvgIpc) is 3.13. The second-order valence-electron chi connectivity index (χ2n) is 6.16. The van der Waals surface area contributed by atoms with Crippen molar-refractivity contribution in [2.75, 3.05) is 27.0 Å². The molecule has 0 fully saturated rings. The van der Waals surface area contributed by atoms with Crippen LogP contribution in [0.5, 0.6) is 23.0 Å². The molecule has 0 N–H and O–H groups in total. The smallest absolute Gasteiger partial charge is 0.246 e. The molecule has 1 amide bonds. The van der Waals surface area contributed by atoms with Crippen LogP contribution in [0.4, 0.5) is 0 Å². The molecule has 0 saturated heterocycles. The van der Waals surface area contributed by atoms with Gasteiger partial charge in [-0.25, -0.2) is 0 Å². The van der Waals surface area contributed by atoms with Gasteiger partial charge in [-0.15, -0.1) is 0 Å². The van der Waals surface area contributed by atoms with Crippen LogP contribution in [0.3, 0.4) is 0 Å². The van der Waals surface area contributed by atoms with E-state index < -0.39 is 0 Å². The van der Waals surface area contributed by atoms with Crippen molar-refractivity contribution >= 4 is 12.0 Å². The van der Waals surface area contributed by atoms with Crippen LogP contribution in [0.25, 0.3) is 6.08 Å². The van der Waals surface area contributed by atoms with Gasteiger partial charge in [-0.2, -0.15) is 0 Å². The van der Waals surface area contributed by atoms with Crippen LogP contribution in [0.2, 0.25) is 0 Å². The lowest BCUT2D eigenvalue weighted by Gasteiger charge is -2.29. The van der Waals surface area contributed by atoms with Gasteiger partial charge in [0, 0.05) is 13.1 Å². The molecule has 26 heavy (non-hydrogen) atoms. The van der Waals surface area contributed by atoms with Gasteiger partial charge in [0.2, 0.25) is 12.7 Å². The molecular formula is C20H19NO5. The van der Waals surface area contributed by atoms with E-state index in [0.29, 0.717) is 24.7 Å². The number of amides is 1. The minimum Gasteiger partial charge on any atom is -0.486 e. The second kappa shape index (κ2) is 7.00. The zero-order chi connectivity index (χ0) is 17.9.